The van der Waals surface area contributed by atoms with E-state index in [-0.39, 0.29) is 36.9 Å². The lowest BCUT2D eigenvalue weighted by atomic mass is 10.0. The summed E-state index contributed by atoms with van der Waals surface area (Å²) in [6.45, 7) is 4.35. The number of hydrogen-bond donors (Lipinski definition) is 3. The van der Waals surface area contributed by atoms with Gasteiger partial charge in [-0.2, -0.15) is 5.26 Å². The summed E-state index contributed by atoms with van der Waals surface area (Å²) < 4.78 is 40.8. The maximum atomic E-state index is 14.9. The Morgan fingerprint density at radius 1 is 1.19 bits per heavy atom. The summed E-state index contributed by atoms with van der Waals surface area (Å²) in [6, 6.07) is 16.7. The molecule has 12 nitrogen and oxygen atoms in total. The van der Waals surface area contributed by atoms with Crippen LogP contribution < -0.4 is 15.0 Å². The normalized spacial score (nSPS) is 22.2. The number of ether oxygens (including phenoxy) is 2. The van der Waals surface area contributed by atoms with Gasteiger partial charge in [0.05, 0.1) is 44.0 Å². The number of halogens is 2. The van der Waals surface area contributed by atoms with Gasteiger partial charge in [-0.25, -0.2) is 18.7 Å². The lowest BCUT2D eigenvalue weighted by Crippen LogP contribution is -2.62. The Bertz CT molecular complexity index is 1620. The lowest BCUT2D eigenvalue weighted by Gasteiger charge is -2.47. The van der Waals surface area contributed by atoms with Crippen molar-refractivity contribution in [1.29, 1.82) is 5.26 Å². The molecule has 0 unspecified atom stereocenters. The number of aliphatic hydroxyl groups is 2. The van der Waals surface area contributed by atoms with Crippen LogP contribution in [0.5, 0.6) is 5.75 Å². The molecule has 0 spiro atoms. The first-order valence-corrected chi connectivity index (χ1v) is 15.6. The molecule has 3 N–H and O–H groups in total. The van der Waals surface area contributed by atoms with Crippen molar-refractivity contribution in [3.63, 3.8) is 0 Å². The Balaban J connectivity index is 1.10. The Hall–Kier alpha value is -4.42. The van der Waals surface area contributed by atoms with Gasteiger partial charge >= 0.3 is 5.92 Å². The van der Waals surface area contributed by atoms with Crippen molar-refractivity contribution in [3.05, 3.63) is 60.3 Å². The van der Waals surface area contributed by atoms with E-state index in [1.807, 2.05) is 30.3 Å². The number of piperidine rings is 1. The van der Waals surface area contributed by atoms with Crippen LogP contribution >= 0.6 is 0 Å². The summed E-state index contributed by atoms with van der Waals surface area (Å²) >= 11 is 0. The minimum absolute atomic E-state index is 0.00192. The maximum absolute atomic E-state index is 14.9. The first kappa shape index (κ1) is 32.5. The third kappa shape index (κ3) is 7.13. The molecule has 248 valence electrons. The molecule has 0 aliphatic carbocycles. The molecule has 3 fully saturated rings. The van der Waals surface area contributed by atoms with E-state index in [9.17, 15) is 29.1 Å². The predicted octanol–water partition coefficient (Wildman–Crippen LogP) is 2.64. The van der Waals surface area contributed by atoms with Crippen LogP contribution in [0.25, 0.3) is 11.4 Å². The molecule has 0 bridgehead atoms. The van der Waals surface area contributed by atoms with E-state index in [0.717, 1.165) is 49.1 Å². The number of carbonyl (C=O) groups excluding carboxylic acids is 1. The molecule has 3 saturated heterocycles. The molecule has 47 heavy (non-hydrogen) atoms. The highest BCUT2D eigenvalue weighted by Gasteiger charge is 2.48. The first-order chi connectivity index (χ1) is 22.6. The molecule has 3 atom stereocenters. The average Bonchev–Trinajstić information content (AvgIpc) is 3.05. The quantitative estimate of drug-likeness (QED) is 0.314. The van der Waals surface area contributed by atoms with Crippen LogP contribution in [0, 0.1) is 11.3 Å². The van der Waals surface area contributed by atoms with Crippen molar-refractivity contribution < 1.29 is 33.3 Å². The number of amides is 1. The molecule has 4 heterocycles. The van der Waals surface area contributed by atoms with Crippen LogP contribution in [0.15, 0.2) is 54.7 Å². The summed E-state index contributed by atoms with van der Waals surface area (Å²) in [5.41, 5.74) is 2.42. The molecule has 3 aliphatic heterocycles. The molecule has 3 aliphatic rings. The fraction of sp³-hybridized carbons (Fsp3) is 0.455. The molecule has 3 aromatic rings. The van der Waals surface area contributed by atoms with E-state index < -0.39 is 30.6 Å². The number of piperazine rings is 1. The zero-order valence-electron chi connectivity index (χ0n) is 25.9. The SMILES string of the molecule is C[C@H](O)C(=O)N1CC[C@H](Oc2ccc(-c3nccc(Nc4ccc(N5CCN(C6COC6)[C@@H](CO)C5)cc4)n3)cc2C#N)C(F)(F)C1. The highest BCUT2D eigenvalue weighted by molar-refractivity contribution is 5.80. The Labute approximate surface area is 271 Å². The summed E-state index contributed by atoms with van der Waals surface area (Å²) in [6.07, 6.45) is -1.49. The number of carbonyl (C=O) groups is 1. The van der Waals surface area contributed by atoms with Gasteiger partial charge in [-0.05, 0) is 55.5 Å². The average molecular weight is 650 g/mol. The standard InChI is InChI=1S/C33H37F2N7O5/c1-21(44)32(45)41-11-9-29(33(34,35)20-41)47-28-7-2-22(14-23(28)15-36)31-37-10-8-30(39-31)38-24-3-5-25(6-4-24)40-12-13-42(26(16-40)17-43)27-18-46-19-27/h2-8,10,14,21,26-27,29,43-44H,9,11-13,16-20H2,1H3,(H,37,38,39)/t21-,26+,29-/m0/s1. The van der Waals surface area contributed by atoms with E-state index in [4.69, 9.17) is 9.47 Å². The predicted molar refractivity (Wildman–Crippen MR) is 169 cm³/mol. The van der Waals surface area contributed by atoms with E-state index in [2.05, 4.69) is 25.1 Å². The van der Waals surface area contributed by atoms with Crippen LogP contribution in [0.4, 0.5) is 26.0 Å². The topological polar surface area (TPSA) is 147 Å². The molecule has 1 aromatic heterocycles. The van der Waals surface area contributed by atoms with Crippen LogP contribution in [0.1, 0.15) is 18.9 Å². The second-order valence-corrected chi connectivity index (χ2v) is 12.1. The molecule has 0 radical (unpaired) electrons. The van der Waals surface area contributed by atoms with Crippen molar-refractivity contribution in [2.75, 3.05) is 62.8 Å². The number of nitrogens with one attached hydrogen (secondary N) is 1. The fourth-order valence-electron chi connectivity index (χ4n) is 6.16. The number of aromatic nitrogens is 2. The Morgan fingerprint density at radius 3 is 2.64 bits per heavy atom. The van der Waals surface area contributed by atoms with Gasteiger partial charge in [-0.1, -0.05) is 0 Å². The molecular formula is C33H37F2N7O5. The summed E-state index contributed by atoms with van der Waals surface area (Å²) in [5.74, 6) is -3.29. The van der Waals surface area contributed by atoms with Crippen LogP contribution in [-0.2, 0) is 9.53 Å². The molecule has 6 rings (SSSR count). The second kappa shape index (κ2) is 13.7. The molecule has 1 amide bonds. The Kier molecular flexibility index (Phi) is 9.51. The van der Waals surface area contributed by atoms with Gasteiger partial charge in [0, 0.05) is 55.7 Å². The van der Waals surface area contributed by atoms with Gasteiger partial charge in [0.25, 0.3) is 5.91 Å². The van der Waals surface area contributed by atoms with E-state index in [1.165, 1.54) is 19.1 Å². The number of rotatable bonds is 9. The number of hydrogen-bond acceptors (Lipinski definition) is 11. The first-order valence-electron chi connectivity index (χ1n) is 15.6. The number of alkyl halides is 2. The van der Waals surface area contributed by atoms with Gasteiger partial charge in [-0.15, -0.1) is 0 Å². The maximum Gasteiger partial charge on any atom is 0.301 e. The lowest BCUT2D eigenvalue weighted by molar-refractivity contribution is -0.165. The largest absolute Gasteiger partial charge is 0.483 e. The Morgan fingerprint density at radius 2 is 1.98 bits per heavy atom. The third-order valence-electron chi connectivity index (χ3n) is 8.82. The van der Waals surface area contributed by atoms with Crippen LogP contribution in [-0.4, -0.2) is 119 Å². The van der Waals surface area contributed by atoms with Crippen LogP contribution in [0.2, 0.25) is 0 Å². The van der Waals surface area contributed by atoms with Gasteiger partial charge in [0.2, 0.25) is 0 Å². The van der Waals surface area contributed by atoms with E-state index in [0.29, 0.717) is 23.2 Å². The van der Waals surface area contributed by atoms with Gasteiger partial charge < -0.3 is 34.8 Å². The van der Waals surface area contributed by atoms with Gasteiger partial charge in [-0.3, -0.25) is 9.69 Å². The zero-order chi connectivity index (χ0) is 33.1. The number of nitrogens with zero attached hydrogens (tertiary/aromatic N) is 6. The van der Waals surface area contributed by atoms with Gasteiger partial charge in [0.1, 0.15) is 23.7 Å². The number of anilines is 3. The minimum atomic E-state index is -3.38. The highest BCUT2D eigenvalue weighted by Crippen LogP contribution is 2.34. The van der Waals surface area contributed by atoms with Gasteiger partial charge in [0.15, 0.2) is 11.9 Å². The molecular weight excluding hydrogens is 612 g/mol. The number of nitriles is 1. The second-order valence-electron chi connectivity index (χ2n) is 12.1. The molecule has 2 aromatic carbocycles. The smallest absolute Gasteiger partial charge is 0.301 e. The van der Waals surface area contributed by atoms with Crippen molar-refractivity contribution in [3.8, 4) is 23.2 Å². The minimum Gasteiger partial charge on any atom is -0.483 e. The summed E-state index contributed by atoms with van der Waals surface area (Å²) in [7, 11) is 0. The number of aliphatic hydroxyl groups excluding tert-OH is 2. The molecule has 14 heteroatoms. The fourth-order valence-corrected chi connectivity index (χ4v) is 6.16. The van der Waals surface area contributed by atoms with Crippen molar-refractivity contribution in [1.82, 2.24) is 19.8 Å². The number of benzene rings is 2. The van der Waals surface area contributed by atoms with E-state index in [1.54, 1.807) is 18.3 Å². The van der Waals surface area contributed by atoms with Crippen molar-refractivity contribution in [2.45, 2.75) is 43.6 Å². The van der Waals surface area contributed by atoms with Crippen molar-refractivity contribution in [2.24, 2.45) is 0 Å². The summed E-state index contributed by atoms with van der Waals surface area (Å²) in [5, 5.41) is 32.5. The number of likely N-dealkylation sites (tertiary alicyclic amines) is 1. The zero-order valence-corrected chi connectivity index (χ0v) is 25.9. The van der Waals surface area contributed by atoms with Crippen LogP contribution in [0.3, 0.4) is 0 Å². The van der Waals surface area contributed by atoms with E-state index >= 15 is 0 Å². The third-order valence-corrected chi connectivity index (χ3v) is 8.82. The monoisotopic (exact) mass is 649 g/mol. The van der Waals surface area contributed by atoms with Crippen molar-refractivity contribution >= 4 is 23.1 Å². The highest BCUT2D eigenvalue weighted by atomic mass is 19.3. The summed E-state index contributed by atoms with van der Waals surface area (Å²) in [4.78, 5) is 26.5. The molecule has 0 saturated carbocycles.